The number of carbonyl (C=O) groups excluding carboxylic acids is 1. The lowest BCUT2D eigenvalue weighted by Crippen LogP contribution is -2.36. The summed E-state index contributed by atoms with van der Waals surface area (Å²) in [7, 11) is 1.61. The van der Waals surface area contributed by atoms with Gasteiger partial charge < -0.3 is 15.4 Å². The lowest BCUT2D eigenvalue weighted by Gasteiger charge is -2.06. The Morgan fingerprint density at radius 3 is 2.94 bits per heavy atom. The van der Waals surface area contributed by atoms with Crippen molar-refractivity contribution in [3.8, 4) is 0 Å². The van der Waals surface area contributed by atoms with Crippen molar-refractivity contribution in [2.45, 2.75) is 6.42 Å². The van der Waals surface area contributed by atoms with E-state index in [1.54, 1.807) is 13.2 Å². The number of nitrogens with one attached hydrogen (secondary N) is 2. The summed E-state index contributed by atoms with van der Waals surface area (Å²) in [5, 5.41) is 5.71. The molecule has 4 nitrogen and oxygen atoms in total. The maximum atomic E-state index is 12.9. The minimum absolute atomic E-state index is 0.0671. The molecular weight excluding hydrogens is 235 g/mol. The van der Waals surface area contributed by atoms with Crippen LogP contribution in [0.1, 0.15) is 5.56 Å². The van der Waals surface area contributed by atoms with Gasteiger partial charge in [-0.15, -0.1) is 0 Å². The van der Waals surface area contributed by atoms with E-state index >= 15 is 0 Å². The third kappa shape index (κ3) is 6.32. The Kier molecular flexibility index (Phi) is 6.98. The van der Waals surface area contributed by atoms with Crippen LogP contribution in [0.4, 0.5) is 4.39 Å². The Labute approximate surface area is 107 Å². The molecule has 0 radical (unpaired) electrons. The van der Waals surface area contributed by atoms with Gasteiger partial charge in [0.1, 0.15) is 5.82 Å². The Hall–Kier alpha value is -1.46. The van der Waals surface area contributed by atoms with Crippen LogP contribution in [0.25, 0.3) is 0 Å². The maximum Gasteiger partial charge on any atom is 0.233 e. The van der Waals surface area contributed by atoms with E-state index in [0.29, 0.717) is 26.1 Å². The van der Waals surface area contributed by atoms with Gasteiger partial charge in [-0.3, -0.25) is 4.79 Å². The lowest BCUT2D eigenvalue weighted by atomic mass is 10.1. The van der Waals surface area contributed by atoms with E-state index in [1.165, 1.54) is 12.1 Å². The van der Waals surface area contributed by atoms with Gasteiger partial charge in [-0.1, -0.05) is 12.1 Å². The summed E-state index contributed by atoms with van der Waals surface area (Å²) in [6.45, 7) is 2.01. The molecule has 5 heteroatoms. The van der Waals surface area contributed by atoms with E-state index in [1.807, 2.05) is 6.07 Å². The SMILES string of the molecule is COCCNCC(=O)NCCc1cccc(F)c1. The average Bonchev–Trinajstić information content (AvgIpc) is 2.35. The number of halogens is 1. The predicted octanol–water partition coefficient (Wildman–Crippen LogP) is 0.720. The highest BCUT2D eigenvalue weighted by atomic mass is 19.1. The van der Waals surface area contributed by atoms with Crippen molar-refractivity contribution in [1.82, 2.24) is 10.6 Å². The van der Waals surface area contributed by atoms with Crippen LogP contribution in [-0.4, -0.2) is 39.3 Å². The smallest absolute Gasteiger partial charge is 0.233 e. The van der Waals surface area contributed by atoms with Gasteiger partial charge in [-0.05, 0) is 24.1 Å². The lowest BCUT2D eigenvalue weighted by molar-refractivity contribution is -0.120. The van der Waals surface area contributed by atoms with Crippen LogP contribution in [0, 0.1) is 5.82 Å². The van der Waals surface area contributed by atoms with Crippen molar-refractivity contribution in [2.24, 2.45) is 0 Å². The highest BCUT2D eigenvalue weighted by molar-refractivity contribution is 5.77. The molecule has 0 saturated heterocycles. The molecule has 0 aromatic heterocycles. The number of carbonyl (C=O) groups is 1. The van der Waals surface area contributed by atoms with Gasteiger partial charge in [0.15, 0.2) is 0 Å². The summed E-state index contributed by atoms with van der Waals surface area (Å²) in [5.41, 5.74) is 0.877. The van der Waals surface area contributed by atoms with Crippen molar-refractivity contribution >= 4 is 5.91 Å². The zero-order valence-electron chi connectivity index (χ0n) is 10.5. The second-order valence-corrected chi connectivity index (χ2v) is 3.90. The van der Waals surface area contributed by atoms with Crippen molar-refractivity contribution < 1.29 is 13.9 Å². The molecule has 0 aliphatic heterocycles. The Balaban J connectivity index is 2.12. The quantitative estimate of drug-likeness (QED) is 0.672. The van der Waals surface area contributed by atoms with Gasteiger partial charge in [0, 0.05) is 20.2 Å². The van der Waals surface area contributed by atoms with Crippen molar-refractivity contribution in [3.05, 3.63) is 35.6 Å². The standard InChI is InChI=1S/C13H19FN2O2/c1-18-8-7-15-10-13(17)16-6-5-11-3-2-4-12(14)9-11/h2-4,9,15H,5-8,10H2,1H3,(H,16,17). The van der Waals surface area contributed by atoms with Crippen LogP contribution in [0.5, 0.6) is 0 Å². The van der Waals surface area contributed by atoms with Crippen LogP contribution in [0.3, 0.4) is 0 Å². The first-order valence-electron chi connectivity index (χ1n) is 5.93. The van der Waals surface area contributed by atoms with E-state index in [4.69, 9.17) is 4.74 Å². The largest absolute Gasteiger partial charge is 0.383 e. The minimum Gasteiger partial charge on any atom is -0.383 e. The fourth-order valence-electron chi connectivity index (χ4n) is 1.48. The number of hydrogen-bond donors (Lipinski definition) is 2. The first kappa shape index (κ1) is 14.6. The summed E-state index contributed by atoms with van der Waals surface area (Å²) < 4.78 is 17.7. The third-order valence-electron chi connectivity index (χ3n) is 2.39. The van der Waals surface area contributed by atoms with E-state index in [2.05, 4.69) is 10.6 Å². The van der Waals surface area contributed by atoms with E-state index in [9.17, 15) is 9.18 Å². The van der Waals surface area contributed by atoms with Crippen molar-refractivity contribution in [3.63, 3.8) is 0 Å². The Bertz CT molecular complexity index is 372. The molecule has 0 atom stereocenters. The van der Waals surface area contributed by atoms with Gasteiger partial charge in [-0.2, -0.15) is 0 Å². The third-order valence-corrected chi connectivity index (χ3v) is 2.39. The molecule has 18 heavy (non-hydrogen) atoms. The molecule has 1 rings (SSSR count). The number of ether oxygens (including phenoxy) is 1. The average molecular weight is 254 g/mol. The molecule has 2 N–H and O–H groups in total. The van der Waals surface area contributed by atoms with Crippen LogP contribution < -0.4 is 10.6 Å². The monoisotopic (exact) mass is 254 g/mol. The normalized spacial score (nSPS) is 10.3. The highest BCUT2D eigenvalue weighted by Gasteiger charge is 2.00. The molecule has 1 amide bonds. The molecule has 0 fully saturated rings. The first-order chi connectivity index (χ1) is 8.72. The summed E-state index contributed by atoms with van der Waals surface area (Å²) in [6.07, 6.45) is 0.627. The molecule has 0 bridgehead atoms. The summed E-state index contributed by atoms with van der Waals surface area (Å²) in [6, 6.07) is 6.38. The number of hydrogen-bond acceptors (Lipinski definition) is 3. The summed E-state index contributed by atoms with van der Waals surface area (Å²) in [4.78, 5) is 11.4. The van der Waals surface area contributed by atoms with Crippen LogP contribution >= 0.6 is 0 Å². The first-order valence-corrected chi connectivity index (χ1v) is 5.93. The zero-order chi connectivity index (χ0) is 13.2. The highest BCUT2D eigenvalue weighted by Crippen LogP contribution is 2.03. The topological polar surface area (TPSA) is 50.4 Å². The Morgan fingerprint density at radius 2 is 2.22 bits per heavy atom. The van der Waals surface area contributed by atoms with Crippen LogP contribution in [0.15, 0.2) is 24.3 Å². The number of benzene rings is 1. The minimum atomic E-state index is -0.250. The molecule has 1 aromatic rings. The van der Waals surface area contributed by atoms with E-state index in [-0.39, 0.29) is 18.3 Å². The number of rotatable bonds is 8. The van der Waals surface area contributed by atoms with Gasteiger partial charge in [-0.25, -0.2) is 4.39 Å². The molecule has 0 aliphatic carbocycles. The number of amides is 1. The maximum absolute atomic E-state index is 12.9. The molecule has 0 saturated carbocycles. The molecule has 0 unspecified atom stereocenters. The van der Waals surface area contributed by atoms with Crippen LogP contribution in [0.2, 0.25) is 0 Å². The molecule has 1 aromatic carbocycles. The molecule has 100 valence electrons. The second kappa shape index (κ2) is 8.60. The molecule has 0 spiro atoms. The van der Waals surface area contributed by atoms with Gasteiger partial charge >= 0.3 is 0 Å². The predicted molar refractivity (Wildman–Crippen MR) is 67.9 cm³/mol. The fourth-order valence-corrected chi connectivity index (χ4v) is 1.48. The van der Waals surface area contributed by atoms with Gasteiger partial charge in [0.2, 0.25) is 5.91 Å². The molecule has 0 heterocycles. The van der Waals surface area contributed by atoms with Crippen molar-refractivity contribution in [2.75, 3.05) is 33.4 Å². The van der Waals surface area contributed by atoms with Gasteiger partial charge in [0.25, 0.3) is 0 Å². The molecular formula is C13H19FN2O2. The van der Waals surface area contributed by atoms with Gasteiger partial charge in [0.05, 0.1) is 13.2 Å². The fraction of sp³-hybridized carbons (Fsp3) is 0.462. The van der Waals surface area contributed by atoms with E-state index in [0.717, 1.165) is 5.56 Å². The summed E-state index contributed by atoms with van der Waals surface area (Å²) >= 11 is 0. The molecule has 0 aliphatic rings. The Morgan fingerprint density at radius 1 is 1.39 bits per heavy atom. The van der Waals surface area contributed by atoms with Crippen LogP contribution in [-0.2, 0) is 16.0 Å². The van der Waals surface area contributed by atoms with E-state index < -0.39 is 0 Å². The van der Waals surface area contributed by atoms with Crippen molar-refractivity contribution in [1.29, 1.82) is 0 Å². The second-order valence-electron chi connectivity index (χ2n) is 3.90. The summed E-state index contributed by atoms with van der Waals surface area (Å²) in [5.74, 6) is -0.317. The zero-order valence-corrected chi connectivity index (χ0v) is 10.5. The number of methoxy groups -OCH3 is 1.